The Bertz CT molecular complexity index is 1670. The molecule has 8 heteroatoms. The lowest BCUT2D eigenvalue weighted by molar-refractivity contribution is -0.138. The minimum absolute atomic E-state index is 0.0216. The third kappa shape index (κ3) is 3.21. The standard InChI is InChI=1S/C31H23F3NO4/c1-19-7-2-3-8-20(19)16-35(22-10-6-9-21(13-22)31(32,33)34)25-12-5-4-11-23(25)30(29(35)36)17-37-26-15-28-27(14-24(26)30)38-18-39-28/h2-15H,16-18H2,1H3/q+1. The number of rotatable bonds is 3. The number of benzene rings is 4. The predicted molar refractivity (Wildman–Crippen MR) is 138 cm³/mol. The Morgan fingerprint density at radius 2 is 1.56 bits per heavy atom. The van der Waals surface area contributed by atoms with Crippen LogP contribution in [-0.2, 0) is 22.9 Å². The smallest absolute Gasteiger partial charge is 0.416 e. The van der Waals surface area contributed by atoms with Gasteiger partial charge in [0.15, 0.2) is 22.6 Å². The van der Waals surface area contributed by atoms with Crippen molar-refractivity contribution in [2.75, 3.05) is 13.4 Å². The molecule has 5 nitrogen and oxygen atoms in total. The minimum Gasteiger partial charge on any atom is -0.491 e. The van der Waals surface area contributed by atoms with Crippen LogP contribution in [-0.4, -0.2) is 19.3 Å². The molecule has 7 rings (SSSR count). The first kappa shape index (κ1) is 23.8. The van der Waals surface area contributed by atoms with Crippen molar-refractivity contribution in [1.82, 2.24) is 4.48 Å². The van der Waals surface area contributed by atoms with Crippen molar-refractivity contribution in [3.8, 4) is 17.2 Å². The van der Waals surface area contributed by atoms with E-state index in [1.165, 1.54) is 6.07 Å². The molecule has 196 valence electrons. The number of nitrogens with zero attached hydrogens (tertiary/aromatic N) is 1. The molecule has 2 atom stereocenters. The molecule has 2 unspecified atom stereocenters. The highest BCUT2D eigenvalue weighted by Gasteiger charge is 2.67. The zero-order chi connectivity index (χ0) is 27.0. The summed E-state index contributed by atoms with van der Waals surface area (Å²) in [5.74, 6) is 1.26. The molecule has 0 saturated heterocycles. The van der Waals surface area contributed by atoms with Crippen molar-refractivity contribution in [2.45, 2.75) is 25.1 Å². The Balaban J connectivity index is 1.53. The van der Waals surface area contributed by atoms with Crippen LogP contribution in [0.2, 0.25) is 0 Å². The number of para-hydroxylation sites is 1. The lowest BCUT2D eigenvalue weighted by Crippen LogP contribution is -2.53. The van der Waals surface area contributed by atoms with Crippen molar-refractivity contribution in [3.05, 3.63) is 113 Å². The van der Waals surface area contributed by atoms with Gasteiger partial charge in [-0.3, -0.25) is 0 Å². The molecule has 0 fully saturated rings. The third-order valence-corrected chi connectivity index (χ3v) is 8.15. The van der Waals surface area contributed by atoms with Crippen molar-refractivity contribution < 1.29 is 32.2 Å². The van der Waals surface area contributed by atoms with Crippen molar-refractivity contribution >= 4 is 17.3 Å². The second kappa shape index (κ2) is 8.10. The van der Waals surface area contributed by atoms with Gasteiger partial charge in [0.25, 0.3) is 0 Å². The van der Waals surface area contributed by atoms with Gasteiger partial charge in [-0.15, -0.1) is 0 Å². The van der Waals surface area contributed by atoms with Crippen LogP contribution in [0.25, 0.3) is 0 Å². The fourth-order valence-corrected chi connectivity index (χ4v) is 6.22. The number of aryl methyl sites for hydroxylation is 1. The zero-order valence-corrected chi connectivity index (χ0v) is 20.9. The summed E-state index contributed by atoms with van der Waals surface area (Å²) >= 11 is 0. The first-order chi connectivity index (χ1) is 18.7. The quantitative estimate of drug-likeness (QED) is 0.273. The number of amides is 1. The lowest BCUT2D eigenvalue weighted by atomic mass is 9.77. The molecule has 0 N–H and O–H groups in total. The van der Waals surface area contributed by atoms with E-state index in [1.54, 1.807) is 18.2 Å². The predicted octanol–water partition coefficient (Wildman–Crippen LogP) is 6.80. The molecular formula is C31H23F3NO4+. The Hall–Kier alpha value is -4.30. The van der Waals surface area contributed by atoms with Gasteiger partial charge in [-0.2, -0.15) is 17.7 Å². The number of alkyl halides is 3. The van der Waals surface area contributed by atoms with E-state index >= 15 is 4.79 Å². The van der Waals surface area contributed by atoms with E-state index in [2.05, 4.69) is 0 Å². The minimum atomic E-state index is -4.57. The molecule has 0 saturated carbocycles. The summed E-state index contributed by atoms with van der Waals surface area (Å²) in [6.45, 7) is 2.17. The molecular weight excluding hydrogens is 507 g/mol. The van der Waals surface area contributed by atoms with Gasteiger partial charge in [0, 0.05) is 41.0 Å². The zero-order valence-electron chi connectivity index (χ0n) is 20.9. The maximum atomic E-state index is 15.2. The molecule has 3 heterocycles. The van der Waals surface area contributed by atoms with Crippen LogP contribution in [0.4, 0.5) is 24.5 Å². The highest BCUT2D eigenvalue weighted by atomic mass is 19.4. The maximum absolute atomic E-state index is 15.2. The summed E-state index contributed by atoms with van der Waals surface area (Å²) in [6, 6.07) is 23.6. The molecule has 3 aliphatic rings. The molecule has 39 heavy (non-hydrogen) atoms. The summed E-state index contributed by atoms with van der Waals surface area (Å²) < 4.78 is 58.7. The Morgan fingerprint density at radius 3 is 2.36 bits per heavy atom. The van der Waals surface area contributed by atoms with Crippen LogP contribution < -0.4 is 18.7 Å². The SMILES string of the molecule is Cc1ccccc1C[N+]1(c2cccc(C(F)(F)F)c2)C(=O)C2(COc3cc4c(cc32)OCO4)c2ccccc21. The van der Waals surface area contributed by atoms with Crippen molar-refractivity contribution in [1.29, 1.82) is 0 Å². The molecule has 0 radical (unpaired) electrons. The van der Waals surface area contributed by atoms with E-state index in [-0.39, 0.29) is 31.5 Å². The van der Waals surface area contributed by atoms with Gasteiger partial charge in [-0.1, -0.05) is 48.5 Å². The average molecular weight is 531 g/mol. The molecule has 4 aromatic rings. The third-order valence-electron chi connectivity index (χ3n) is 8.15. The fourth-order valence-electron chi connectivity index (χ4n) is 6.22. The number of fused-ring (bicyclic) bond motifs is 5. The Labute approximate surface area is 222 Å². The molecule has 4 aromatic carbocycles. The van der Waals surface area contributed by atoms with Gasteiger partial charge in [0.05, 0.1) is 5.56 Å². The molecule has 1 amide bonds. The second-order valence-electron chi connectivity index (χ2n) is 10.2. The van der Waals surface area contributed by atoms with E-state index in [0.717, 1.165) is 23.3 Å². The maximum Gasteiger partial charge on any atom is 0.416 e. The normalized spacial score (nSPS) is 22.6. The number of hydrogen-bond donors (Lipinski definition) is 0. The number of hydrogen-bond acceptors (Lipinski definition) is 4. The molecule has 3 aliphatic heterocycles. The second-order valence-corrected chi connectivity index (χ2v) is 10.2. The van der Waals surface area contributed by atoms with Crippen LogP contribution in [0.5, 0.6) is 17.2 Å². The lowest BCUT2D eigenvalue weighted by Gasteiger charge is -2.34. The summed E-state index contributed by atoms with van der Waals surface area (Å²) in [6.07, 6.45) is -4.57. The van der Waals surface area contributed by atoms with Crippen molar-refractivity contribution in [2.24, 2.45) is 0 Å². The van der Waals surface area contributed by atoms with E-state index < -0.39 is 21.6 Å². The first-order valence-electron chi connectivity index (χ1n) is 12.6. The molecule has 0 aromatic heterocycles. The summed E-state index contributed by atoms with van der Waals surface area (Å²) in [4.78, 5) is 15.2. The van der Waals surface area contributed by atoms with Crippen LogP contribution in [0.3, 0.4) is 0 Å². The van der Waals surface area contributed by atoms with Gasteiger partial charge in [0.2, 0.25) is 6.79 Å². The number of carbonyl (C=O) groups is 1. The highest BCUT2D eigenvalue weighted by molar-refractivity contribution is 6.11. The molecule has 0 bridgehead atoms. The van der Waals surface area contributed by atoms with Crippen molar-refractivity contribution in [3.63, 3.8) is 0 Å². The summed E-state index contributed by atoms with van der Waals surface area (Å²) in [5, 5.41) is 0. The van der Waals surface area contributed by atoms with Crippen LogP contribution in [0.15, 0.2) is 84.9 Å². The monoisotopic (exact) mass is 530 g/mol. The summed E-state index contributed by atoms with van der Waals surface area (Å²) in [7, 11) is 0. The highest BCUT2D eigenvalue weighted by Crippen LogP contribution is 2.60. The fraction of sp³-hybridized carbons (Fsp3) is 0.194. The van der Waals surface area contributed by atoms with Crippen LogP contribution in [0, 0.1) is 6.92 Å². The van der Waals surface area contributed by atoms with Gasteiger partial charge in [-0.25, -0.2) is 4.79 Å². The van der Waals surface area contributed by atoms with E-state index in [0.29, 0.717) is 34.1 Å². The van der Waals surface area contributed by atoms with Gasteiger partial charge >= 0.3 is 12.1 Å². The van der Waals surface area contributed by atoms with E-state index in [4.69, 9.17) is 14.2 Å². The van der Waals surface area contributed by atoms with E-state index in [1.807, 2.05) is 55.5 Å². The first-order valence-corrected chi connectivity index (χ1v) is 12.6. The summed E-state index contributed by atoms with van der Waals surface area (Å²) in [5.41, 5.74) is 1.96. The number of quaternary nitrogens is 1. The van der Waals surface area contributed by atoms with Gasteiger partial charge in [0.1, 0.15) is 24.6 Å². The largest absolute Gasteiger partial charge is 0.491 e. The van der Waals surface area contributed by atoms with Crippen LogP contribution in [0.1, 0.15) is 27.8 Å². The number of carbonyl (C=O) groups excluding carboxylic acids is 1. The topological polar surface area (TPSA) is 44.8 Å². The van der Waals surface area contributed by atoms with Crippen LogP contribution >= 0.6 is 0 Å². The van der Waals surface area contributed by atoms with Gasteiger partial charge < -0.3 is 14.2 Å². The Kier molecular flexibility index (Phi) is 4.94. The van der Waals surface area contributed by atoms with E-state index in [9.17, 15) is 13.2 Å². The number of ether oxygens (including phenoxy) is 3. The Morgan fingerprint density at radius 1 is 0.821 bits per heavy atom. The average Bonchev–Trinajstić information content (AvgIpc) is 3.60. The van der Waals surface area contributed by atoms with Gasteiger partial charge in [-0.05, 0) is 24.6 Å². The molecule has 1 spiro atoms. The molecule has 0 aliphatic carbocycles. The number of halogens is 3.